The van der Waals surface area contributed by atoms with E-state index in [0.29, 0.717) is 22.3 Å². The second-order valence-electron chi connectivity index (χ2n) is 3.81. The molecule has 0 fully saturated rings. The van der Waals surface area contributed by atoms with E-state index in [0.717, 1.165) is 6.42 Å². The van der Waals surface area contributed by atoms with Crippen LogP contribution in [0.1, 0.15) is 18.9 Å². The molecule has 0 unspecified atom stereocenters. The number of carbonyl (C=O) groups excluding carboxylic acids is 1. The molecule has 94 valence electrons. The third-order valence-corrected chi connectivity index (χ3v) is 3.33. The van der Waals surface area contributed by atoms with Crippen molar-refractivity contribution in [2.75, 3.05) is 12.3 Å². The highest BCUT2D eigenvalue weighted by atomic mass is 79.9. The van der Waals surface area contributed by atoms with Gasteiger partial charge in [-0.25, -0.2) is 0 Å². The maximum absolute atomic E-state index is 11.8. The zero-order valence-electron chi connectivity index (χ0n) is 9.92. The van der Waals surface area contributed by atoms with Crippen LogP contribution in [0.25, 0.3) is 0 Å². The maximum atomic E-state index is 11.8. The minimum atomic E-state index is -0.247. The third kappa shape index (κ3) is 3.33. The molecule has 0 aliphatic carbocycles. The number of anilines is 1. The molecule has 0 saturated heterocycles. The van der Waals surface area contributed by atoms with E-state index < -0.39 is 0 Å². The normalized spacial score (nSPS) is 10.3. The molecule has 0 bridgehead atoms. The van der Waals surface area contributed by atoms with Crippen LogP contribution in [0.15, 0.2) is 15.5 Å². The highest BCUT2D eigenvalue weighted by molar-refractivity contribution is 9.10. The number of rotatable bonds is 4. The van der Waals surface area contributed by atoms with E-state index >= 15 is 0 Å². The summed E-state index contributed by atoms with van der Waals surface area (Å²) in [5.74, 6) is -0.191. The Labute approximate surface area is 108 Å². The summed E-state index contributed by atoms with van der Waals surface area (Å²) >= 11 is 3.18. The van der Waals surface area contributed by atoms with E-state index in [-0.39, 0.29) is 18.0 Å². The second-order valence-corrected chi connectivity index (χ2v) is 4.60. The number of carbonyl (C=O) groups is 1. The maximum Gasteiger partial charge on any atom is 0.265 e. The summed E-state index contributed by atoms with van der Waals surface area (Å²) in [6.07, 6.45) is 2.36. The summed E-state index contributed by atoms with van der Waals surface area (Å²) in [5.41, 5.74) is 6.68. The standard InChI is InChI=1S/C11H16BrN3O2/c1-3-4-14-9(16)6-15-5-8(13)7(2)10(12)11(15)17/h5H,3-4,6,13H2,1-2H3,(H,14,16). The molecule has 1 heterocycles. The lowest BCUT2D eigenvalue weighted by atomic mass is 10.2. The molecule has 6 heteroatoms. The van der Waals surface area contributed by atoms with Crippen LogP contribution in [0.5, 0.6) is 0 Å². The Morgan fingerprint density at radius 1 is 1.59 bits per heavy atom. The smallest absolute Gasteiger partial charge is 0.265 e. The molecule has 0 saturated carbocycles. The summed E-state index contributed by atoms with van der Waals surface area (Å²) < 4.78 is 1.71. The average Bonchev–Trinajstić information content (AvgIpc) is 2.30. The van der Waals surface area contributed by atoms with Gasteiger partial charge in [-0.15, -0.1) is 0 Å². The molecule has 0 aliphatic rings. The number of hydrogen-bond donors (Lipinski definition) is 2. The molecule has 0 spiro atoms. The van der Waals surface area contributed by atoms with E-state index in [1.807, 2.05) is 6.92 Å². The van der Waals surface area contributed by atoms with E-state index in [2.05, 4.69) is 21.2 Å². The minimum Gasteiger partial charge on any atom is -0.397 e. The topological polar surface area (TPSA) is 77.1 Å². The van der Waals surface area contributed by atoms with Gasteiger partial charge in [0.15, 0.2) is 0 Å². The lowest BCUT2D eigenvalue weighted by Crippen LogP contribution is -2.33. The zero-order chi connectivity index (χ0) is 13.0. The highest BCUT2D eigenvalue weighted by Gasteiger charge is 2.10. The van der Waals surface area contributed by atoms with Gasteiger partial charge in [-0.1, -0.05) is 6.92 Å². The van der Waals surface area contributed by atoms with Gasteiger partial charge in [-0.3, -0.25) is 9.59 Å². The van der Waals surface area contributed by atoms with Crippen LogP contribution in [0, 0.1) is 6.92 Å². The molecule has 1 aromatic heterocycles. The van der Waals surface area contributed by atoms with Crippen molar-refractivity contribution in [2.45, 2.75) is 26.8 Å². The molecule has 5 nitrogen and oxygen atoms in total. The molecule has 1 aromatic rings. The predicted molar refractivity (Wildman–Crippen MR) is 70.9 cm³/mol. The SMILES string of the molecule is CCCNC(=O)Cn1cc(N)c(C)c(Br)c1=O. The minimum absolute atomic E-state index is 0.0120. The first-order chi connectivity index (χ1) is 7.97. The Kier molecular flexibility index (Phi) is 4.74. The number of nitrogens with zero attached hydrogens (tertiary/aromatic N) is 1. The fourth-order valence-corrected chi connectivity index (χ4v) is 1.79. The lowest BCUT2D eigenvalue weighted by molar-refractivity contribution is -0.121. The number of amides is 1. The predicted octanol–water partition coefficient (Wildman–Crippen LogP) is 1.03. The van der Waals surface area contributed by atoms with E-state index in [1.54, 1.807) is 6.92 Å². The van der Waals surface area contributed by atoms with Crippen molar-refractivity contribution in [3.8, 4) is 0 Å². The first kappa shape index (κ1) is 13.8. The molecule has 0 aromatic carbocycles. The molecular formula is C11H16BrN3O2. The first-order valence-corrected chi connectivity index (χ1v) is 6.18. The number of nitrogens with one attached hydrogen (secondary N) is 1. The van der Waals surface area contributed by atoms with Gasteiger partial charge in [-0.05, 0) is 34.8 Å². The van der Waals surface area contributed by atoms with Crippen LogP contribution in [0.2, 0.25) is 0 Å². The van der Waals surface area contributed by atoms with Crippen molar-refractivity contribution < 1.29 is 4.79 Å². The summed E-state index contributed by atoms with van der Waals surface area (Å²) in [5, 5.41) is 2.71. The monoisotopic (exact) mass is 301 g/mol. The van der Waals surface area contributed by atoms with Gasteiger partial charge in [0.25, 0.3) is 5.56 Å². The Morgan fingerprint density at radius 3 is 2.82 bits per heavy atom. The third-order valence-electron chi connectivity index (χ3n) is 2.39. The number of aromatic nitrogens is 1. The molecular weight excluding hydrogens is 286 g/mol. The molecule has 3 N–H and O–H groups in total. The van der Waals surface area contributed by atoms with Crippen LogP contribution in [-0.2, 0) is 11.3 Å². The fraction of sp³-hybridized carbons (Fsp3) is 0.455. The largest absolute Gasteiger partial charge is 0.397 e. The van der Waals surface area contributed by atoms with Crippen molar-refractivity contribution >= 4 is 27.5 Å². The van der Waals surface area contributed by atoms with Gasteiger partial charge < -0.3 is 15.6 Å². The van der Waals surface area contributed by atoms with E-state index in [4.69, 9.17) is 5.73 Å². The summed E-state index contributed by atoms with van der Waals surface area (Å²) in [7, 11) is 0. The molecule has 0 atom stereocenters. The van der Waals surface area contributed by atoms with Crippen LogP contribution in [-0.4, -0.2) is 17.0 Å². The van der Waals surface area contributed by atoms with Crippen molar-refractivity contribution in [2.24, 2.45) is 0 Å². The van der Waals surface area contributed by atoms with Crippen molar-refractivity contribution in [3.05, 3.63) is 26.6 Å². The second kappa shape index (κ2) is 5.86. The van der Waals surface area contributed by atoms with Crippen LogP contribution in [0.4, 0.5) is 5.69 Å². The van der Waals surface area contributed by atoms with Crippen molar-refractivity contribution in [3.63, 3.8) is 0 Å². The summed E-state index contributed by atoms with van der Waals surface area (Å²) in [4.78, 5) is 23.3. The Balaban J connectivity index is 2.93. The van der Waals surface area contributed by atoms with Crippen molar-refractivity contribution in [1.82, 2.24) is 9.88 Å². The lowest BCUT2D eigenvalue weighted by Gasteiger charge is -2.10. The van der Waals surface area contributed by atoms with Gasteiger partial charge in [-0.2, -0.15) is 0 Å². The van der Waals surface area contributed by atoms with Gasteiger partial charge in [0.1, 0.15) is 6.54 Å². The van der Waals surface area contributed by atoms with Crippen LogP contribution in [0.3, 0.4) is 0 Å². The van der Waals surface area contributed by atoms with E-state index in [1.165, 1.54) is 10.8 Å². The van der Waals surface area contributed by atoms with Gasteiger partial charge in [0, 0.05) is 12.7 Å². The molecule has 0 radical (unpaired) electrons. The Hall–Kier alpha value is -1.30. The molecule has 0 aliphatic heterocycles. The number of nitrogen functional groups attached to an aromatic ring is 1. The van der Waals surface area contributed by atoms with Crippen LogP contribution < -0.4 is 16.6 Å². The molecule has 17 heavy (non-hydrogen) atoms. The van der Waals surface area contributed by atoms with Gasteiger partial charge in [0.2, 0.25) is 5.91 Å². The molecule has 1 amide bonds. The summed E-state index contributed by atoms with van der Waals surface area (Å²) in [6.45, 7) is 4.31. The van der Waals surface area contributed by atoms with Gasteiger partial charge >= 0.3 is 0 Å². The Bertz CT molecular complexity index is 482. The first-order valence-electron chi connectivity index (χ1n) is 5.39. The van der Waals surface area contributed by atoms with Gasteiger partial charge in [0.05, 0.1) is 10.2 Å². The number of nitrogens with two attached hydrogens (primary N) is 1. The highest BCUT2D eigenvalue weighted by Crippen LogP contribution is 2.16. The zero-order valence-corrected chi connectivity index (χ0v) is 11.5. The summed E-state index contributed by atoms with van der Waals surface area (Å²) in [6, 6.07) is 0. The number of pyridine rings is 1. The Morgan fingerprint density at radius 2 is 2.24 bits per heavy atom. The quantitative estimate of drug-likeness (QED) is 0.872. The van der Waals surface area contributed by atoms with Crippen molar-refractivity contribution in [1.29, 1.82) is 0 Å². The number of halogens is 1. The fourth-order valence-electron chi connectivity index (χ4n) is 1.33. The number of hydrogen-bond acceptors (Lipinski definition) is 3. The molecule has 1 rings (SSSR count). The average molecular weight is 302 g/mol. The van der Waals surface area contributed by atoms with Crippen LogP contribution >= 0.6 is 15.9 Å². The van der Waals surface area contributed by atoms with E-state index in [9.17, 15) is 9.59 Å².